The van der Waals surface area contributed by atoms with Crippen LogP contribution in [0.1, 0.15) is 367 Å². The Bertz CT molecular complexity index is 1060. The van der Waals surface area contributed by atoms with Gasteiger partial charge < -0.3 is 20.3 Å². The smallest absolute Gasteiger partial charge is 0.305 e. The zero-order valence-corrected chi connectivity index (χ0v) is 48.2. The number of hydrogen-bond donors (Lipinski definition) is 3. The predicted molar refractivity (Wildman–Crippen MR) is 310 cm³/mol. The molecule has 0 aromatic rings. The Morgan fingerprint density at radius 3 is 0.958 bits per heavy atom. The van der Waals surface area contributed by atoms with Gasteiger partial charge in [-0.3, -0.25) is 9.59 Å². The Kier molecular flexibility index (Phi) is 59.9. The lowest BCUT2D eigenvalue weighted by atomic mass is 10.0. The molecule has 422 valence electrons. The SMILES string of the molecule is CCCCCCCCCCCCCCCCCC/C=C/C(O)C(CO)NC(=O)CCCCCCCCCCCCCCCCCCCOC(=O)CCCCCCCCCCCCCCCCCCCCC. The second kappa shape index (κ2) is 61.1. The van der Waals surface area contributed by atoms with Gasteiger partial charge in [-0.25, -0.2) is 0 Å². The van der Waals surface area contributed by atoms with Crippen molar-refractivity contribution >= 4 is 11.9 Å². The molecule has 2 atom stereocenters. The number of ether oxygens (including phenoxy) is 1. The van der Waals surface area contributed by atoms with E-state index in [0.29, 0.717) is 19.4 Å². The number of allylic oxidation sites excluding steroid dienone is 1. The number of rotatable bonds is 61. The summed E-state index contributed by atoms with van der Waals surface area (Å²) in [7, 11) is 0. The summed E-state index contributed by atoms with van der Waals surface area (Å²) in [6.07, 6.45) is 74.0. The van der Waals surface area contributed by atoms with Crippen LogP contribution in [0.25, 0.3) is 0 Å². The van der Waals surface area contributed by atoms with Gasteiger partial charge in [0.25, 0.3) is 0 Å². The summed E-state index contributed by atoms with van der Waals surface area (Å²) >= 11 is 0. The minimum Gasteiger partial charge on any atom is -0.466 e. The molecule has 0 aliphatic carbocycles. The molecular formula is C65H127NO5. The van der Waals surface area contributed by atoms with Crippen molar-refractivity contribution < 1.29 is 24.5 Å². The first-order valence-corrected chi connectivity index (χ1v) is 32.5. The van der Waals surface area contributed by atoms with Crippen molar-refractivity contribution in [3.8, 4) is 0 Å². The highest BCUT2D eigenvalue weighted by molar-refractivity contribution is 5.76. The van der Waals surface area contributed by atoms with Crippen molar-refractivity contribution in [1.29, 1.82) is 0 Å². The molecule has 0 heterocycles. The number of unbranched alkanes of at least 4 members (excludes halogenated alkanes) is 50. The number of esters is 1. The molecule has 0 saturated carbocycles. The largest absolute Gasteiger partial charge is 0.466 e. The first-order chi connectivity index (χ1) is 35.0. The van der Waals surface area contributed by atoms with Crippen molar-refractivity contribution in [1.82, 2.24) is 5.32 Å². The highest BCUT2D eigenvalue weighted by atomic mass is 16.5. The summed E-state index contributed by atoms with van der Waals surface area (Å²) in [4.78, 5) is 24.6. The van der Waals surface area contributed by atoms with Crippen LogP contribution >= 0.6 is 0 Å². The topological polar surface area (TPSA) is 95.9 Å². The summed E-state index contributed by atoms with van der Waals surface area (Å²) in [5.41, 5.74) is 0. The third-order valence-electron chi connectivity index (χ3n) is 15.3. The Morgan fingerprint density at radius 1 is 0.380 bits per heavy atom. The third-order valence-corrected chi connectivity index (χ3v) is 15.3. The summed E-state index contributed by atoms with van der Waals surface area (Å²) in [6, 6.07) is -0.632. The molecule has 1 amide bonds. The van der Waals surface area contributed by atoms with Crippen LogP contribution in [0.3, 0.4) is 0 Å². The average molecular weight is 1000 g/mol. The van der Waals surface area contributed by atoms with E-state index in [1.807, 2.05) is 6.08 Å². The maximum Gasteiger partial charge on any atom is 0.305 e. The number of amides is 1. The van der Waals surface area contributed by atoms with Gasteiger partial charge >= 0.3 is 5.97 Å². The van der Waals surface area contributed by atoms with Gasteiger partial charge in [-0.15, -0.1) is 0 Å². The fourth-order valence-electron chi connectivity index (χ4n) is 10.3. The van der Waals surface area contributed by atoms with E-state index in [9.17, 15) is 19.8 Å². The fraction of sp³-hybridized carbons (Fsp3) is 0.938. The number of hydrogen-bond acceptors (Lipinski definition) is 5. The Hall–Kier alpha value is -1.40. The van der Waals surface area contributed by atoms with E-state index in [2.05, 4.69) is 19.2 Å². The first-order valence-electron chi connectivity index (χ1n) is 32.5. The van der Waals surface area contributed by atoms with Gasteiger partial charge in [-0.05, 0) is 32.1 Å². The van der Waals surface area contributed by atoms with Crippen LogP contribution in [0, 0.1) is 0 Å². The van der Waals surface area contributed by atoms with Crippen LogP contribution in [-0.4, -0.2) is 47.4 Å². The number of carbonyl (C=O) groups is 2. The summed E-state index contributed by atoms with van der Waals surface area (Å²) in [6.45, 7) is 4.93. The molecular weight excluding hydrogens is 875 g/mol. The highest BCUT2D eigenvalue weighted by Crippen LogP contribution is 2.18. The van der Waals surface area contributed by atoms with E-state index in [1.54, 1.807) is 6.08 Å². The lowest BCUT2D eigenvalue weighted by Crippen LogP contribution is -2.45. The summed E-state index contributed by atoms with van der Waals surface area (Å²) in [5, 5.41) is 23.2. The monoisotopic (exact) mass is 1000 g/mol. The molecule has 2 unspecified atom stereocenters. The van der Waals surface area contributed by atoms with Crippen molar-refractivity contribution in [2.24, 2.45) is 0 Å². The average Bonchev–Trinajstić information content (AvgIpc) is 3.37. The molecule has 0 fully saturated rings. The minimum absolute atomic E-state index is 0.0102. The van der Waals surface area contributed by atoms with E-state index in [-0.39, 0.29) is 18.5 Å². The molecule has 6 nitrogen and oxygen atoms in total. The van der Waals surface area contributed by atoms with Crippen LogP contribution in [0.4, 0.5) is 0 Å². The van der Waals surface area contributed by atoms with Gasteiger partial charge in [0.05, 0.1) is 25.4 Å². The maximum absolute atomic E-state index is 12.5. The van der Waals surface area contributed by atoms with E-state index in [1.165, 1.54) is 302 Å². The van der Waals surface area contributed by atoms with Crippen molar-refractivity contribution in [3.63, 3.8) is 0 Å². The van der Waals surface area contributed by atoms with Gasteiger partial charge in [-0.2, -0.15) is 0 Å². The third kappa shape index (κ3) is 57.7. The van der Waals surface area contributed by atoms with Crippen molar-refractivity contribution in [2.45, 2.75) is 379 Å². The molecule has 0 radical (unpaired) electrons. The van der Waals surface area contributed by atoms with Crippen LogP contribution in [0.15, 0.2) is 12.2 Å². The van der Waals surface area contributed by atoms with Crippen LogP contribution in [0.5, 0.6) is 0 Å². The van der Waals surface area contributed by atoms with Crippen LogP contribution in [0.2, 0.25) is 0 Å². The Morgan fingerprint density at radius 2 is 0.648 bits per heavy atom. The van der Waals surface area contributed by atoms with E-state index in [0.717, 1.165) is 38.5 Å². The Labute approximate surface area is 444 Å². The summed E-state index contributed by atoms with van der Waals surface area (Å²) < 4.78 is 5.50. The van der Waals surface area contributed by atoms with Gasteiger partial charge in [-0.1, -0.05) is 334 Å². The second-order valence-electron chi connectivity index (χ2n) is 22.5. The second-order valence-corrected chi connectivity index (χ2v) is 22.5. The lowest BCUT2D eigenvalue weighted by Gasteiger charge is -2.20. The van der Waals surface area contributed by atoms with E-state index in [4.69, 9.17) is 4.74 Å². The molecule has 0 aromatic heterocycles. The van der Waals surface area contributed by atoms with Gasteiger partial charge in [0.2, 0.25) is 5.91 Å². The van der Waals surface area contributed by atoms with E-state index >= 15 is 0 Å². The molecule has 0 bridgehead atoms. The number of carbonyl (C=O) groups excluding carboxylic acids is 2. The molecule has 3 N–H and O–H groups in total. The van der Waals surface area contributed by atoms with Crippen molar-refractivity contribution in [2.75, 3.05) is 13.2 Å². The standard InChI is InChI=1S/C65H127NO5/c1-3-5-7-9-11-13-15-17-19-21-23-27-31-35-39-43-47-51-55-59-65(70)71-60-56-52-48-44-40-36-32-28-24-26-30-34-38-42-46-50-54-58-64(69)66-62(61-67)63(68)57-53-49-45-41-37-33-29-25-22-20-18-16-14-12-10-8-6-4-2/h53,57,62-63,67-68H,3-52,54-56,58-61H2,1-2H3,(H,66,69)/b57-53+. The zero-order valence-electron chi connectivity index (χ0n) is 48.2. The molecule has 0 rings (SSSR count). The van der Waals surface area contributed by atoms with Gasteiger partial charge in [0.1, 0.15) is 0 Å². The number of nitrogens with one attached hydrogen (secondary N) is 1. The molecule has 6 heteroatoms. The lowest BCUT2D eigenvalue weighted by molar-refractivity contribution is -0.143. The van der Waals surface area contributed by atoms with Gasteiger partial charge in [0.15, 0.2) is 0 Å². The molecule has 71 heavy (non-hydrogen) atoms. The van der Waals surface area contributed by atoms with Crippen molar-refractivity contribution in [3.05, 3.63) is 12.2 Å². The first kappa shape index (κ1) is 69.6. The molecule has 0 aromatic carbocycles. The molecule has 0 aliphatic heterocycles. The molecule has 0 saturated heterocycles. The molecule has 0 aliphatic rings. The van der Waals surface area contributed by atoms with E-state index < -0.39 is 12.1 Å². The van der Waals surface area contributed by atoms with Gasteiger partial charge in [0, 0.05) is 12.8 Å². The maximum atomic E-state index is 12.5. The number of aliphatic hydroxyl groups excluding tert-OH is 2. The minimum atomic E-state index is -0.848. The zero-order chi connectivity index (χ0) is 51.4. The fourth-order valence-corrected chi connectivity index (χ4v) is 10.3. The summed E-state index contributed by atoms with van der Waals surface area (Å²) in [5.74, 6) is -0.0594. The van der Waals surface area contributed by atoms with Crippen LogP contribution < -0.4 is 5.32 Å². The normalized spacial score (nSPS) is 12.6. The number of aliphatic hydroxyl groups is 2. The highest BCUT2D eigenvalue weighted by Gasteiger charge is 2.18. The molecule has 0 spiro atoms. The van der Waals surface area contributed by atoms with Crippen LogP contribution in [-0.2, 0) is 14.3 Å². The quantitative estimate of drug-likeness (QED) is 0.0320. The predicted octanol–water partition coefficient (Wildman–Crippen LogP) is 20.4. The Balaban J connectivity index is 3.41.